The van der Waals surface area contributed by atoms with Gasteiger partial charge in [-0.05, 0) is 31.2 Å². The maximum absolute atomic E-state index is 4.05. The molecule has 0 fully saturated rings. The summed E-state index contributed by atoms with van der Waals surface area (Å²) >= 11 is 0. The van der Waals surface area contributed by atoms with Gasteiger partial charge in [-0.25, -0.2) is 0 Å². The van der Waals surface area contributed by atoms with Gasteiger partial charge in [-0.1, -0.05) is 18.2 Å². The van der Waals surface area contributed by atoms with E-state index in [2.05, 4.69) is 46.8 Å². The quantitative estimate of drug-likeness (QED) is 0.599. The fraction of sp³-hybridized carbons (Fsp3) is 0.0714. The number of rotatable bonds is 1. The molecule has 3 rings (SSSR count). The molecule has 0 saturated carbocycles. The largest absolute Gasteiger partial charge is 0.314 e. The van der Waals surface area contributed by atoms with Gasteiger partial charge < -0.3 is 4.57 Å². The van der Waals surface area contributed by atoms with Gasteiger partial charge >= 0.3 is 0 Å². The van der Waals surface area contributed by atoms with Gasteiger partial charge in [-0.3, -0.25) is 4.98 Å². The molecule has 16 heavy (non-hydrogen) atoms. The van der Waals surface area contributed by atoms with Crippen molar-refractivity contribution < 1.29 is 0 Å². The first-order valence-corrected chi connectivity index (χ1v) is 5.34. The number of aryl methyl sites for hydroxylation is 1. The molecule has 0 aliphatic heterocycles. The maximum Gasteiger partial charge on any atom is 0.0531 e. The summed E-state index contributed by atoms with van der Waals surface area (Å²) < 4.78 is 2.25. The van der Waals surface area contributed by atoms with Crippen molar-refractivity contribution in [1.29, 1.82) is 0 Å². The molecule has 2 heteroatoms. The van der Waals surface area contributed by atoms with Gasteiger partial charge in [0, 0.05) is 29.2 Å². The highest BCUT2D eigenvalue weighted by molar-refractivity contribution is 5.83. The first kappa shape index (κ1) is 9.16. The van der Waals surface area contributed by atoms with Gasteiger partial charge in [0.15, 0.2) is 0 Å². The van der Waals surface area contributed by atoms with Crippen LogP contribution in [0.3, 0.4) is 0 Å². The summed E-state index contributed by atoms with van der Waals surface area (Å²) in [6, 6.07) is 14.7. The molecule has 0 saturated heterocycles. The van der Waals surface area contributed by atoms with E-state index in [-0.39, 0.29) is 0 Å². The molecular formula is C14H12N2. The van der Waals surface area contributed by atoms with Crippen molar-refractivity contribution in [3.05, 3.63) is 60.6 Å². The first-order valence-electron chi connectivity index (χ1n) is 5.34. The lowest BCUT2D eigenvalue weighted by molar-refractivity contribution is 1.04. The van der Waals surface area contributed by atoms with E-state index < -0.39 is 0 Å². The zero-order valence-corrected chi connectivity index (χ0v) is 9.09. The van der Waals surface area contributed by atoms with E-state index in [4.69, 9.17) is 0 Å². The Hall–Kier alpha value is -2.09. The first-order chi connectivity index (χ1) is 7.86. The van der Waals surface area contributed by atoms with Crippen LogP contribution in [0, 0.1) is 6.92 Å². The van der Waals surface area contributed by atoms with Crippen LogP contribution in [0.15, 0.2) is 54.9 Å². The van der Waals surface area contributed by atoms with Crippen molar-refractivity contribution in [3.8, 4) is 5.69 Å². The minimum atomic E-state index is 1.16. The average Bonchev–Trinajstić information content (AvgIpc) is 2.66. The van der Waals surface area contributed by atoms with E-state index in [9.17, 15) is 0 Å². The Morgan fingerprint density at radius 2 is 1.75 bits per heavy atom. The van der Waals surface area contributed by atoms with Gasteiger partial charge in [0.1, 0.15) is 0 Å². The fourth-order valence-electron chi connectivity index (χ4n) is 2.13. The van der Waals surface area contributed by atoms with Crippen LogP contribution in [0.4, 0.5) is 0 Å². The number of nitrogens with zero attached hydrogens (tertiary/aromatic N) is 2. The molecule has 2 nitrogen and oxygen atoms in total. The Labute approximate surface area is 94.2 Å². The number of aromatic nitrogens is 2. The third-order valence-electron chi connectivity index (χ3n) is 2.82. The van der Waals surface area contributed by atoms with Gasteiger partial charge in [0.05, 0.1) is 5.52 Å². The second kappa shape index (κ2) is 3.49. The van der Waals surface area contributed by atoms with E-state index in [0.29, 0.717) is 0 Å². The van der Waals surface area contributed by atoms with Crippen molar-refractivity contribution in [2.75, 3.05) is 0 Å². The normalized spacial score (nSPS) is 10.8. The molecule has 0 radical (unpaired) electrons. The molecular weight excluding hydrogens is 196 g/mol. The zero-order valence-electron chi connectivity index (χ0n) is 9.09. The molecule has 0 aliphatic rings. The van der Waals surface area contributed by atoms with Crippen LogP contribution >= 0.6 is 0 Å². The van der Waals surface area contributed by atoms with Crippen LogP contribution in [0.5, 0.6) is 0 Å². The lowest BCUT2D eigenvalue weighted by atomic mass is 10.2. The lowest BCUT2D eigenvalue weighted by Gasteiger charge is -2.07. The van der Waals surface area contributed by atoms with Gasteiger partial charge in [0.25, 0.3) is 0 Å². The predicted molar refractivity (Wildman–Crippen MR) is 65.8 cm³/mol. The molecule has 0 atom stereocenters. The van der Waals surface area contributed by atoms with Crippen LogP contribution in [0.25, 0.3) is 16.6 Å². The number of hydrogen-bond donors (Lipinski definition) is 0. The average molecular weight is 208 g/mol. The molecule has 0 amide bonds. The molecule has 2 aromatic heterocycles. The Balaban J connectivity index is 2.35. The molecule has 1 aromatic carbocycles. The summed E-state index contributed by atoms with van der Waals surface area (Å²) in [5.41, 5.74) is 3.65. The molecule has 0 aliphatic carbocycles. The van der Waals surface area contributed by atoms with Gasteiger partial charge in [-0.15, -0.1) is 0 Å². The fourth-order valence-corrected chi connectivity index (χ4v) is 2.13. The van der Waals surface area contributed by atoms with Gasteiger partial charge in [-0.2, -0.15) is 0 Å². The number of benzene rings is 1. The number of para-hydroxylation sites is 1. The molecule has 3 aromatic rings. The van der Waals surface area contributed by atoms with Crippen LogP contribution in [-0.4, -0.2) is 9.55 Å². The van der Waals surface area contributed by atoms with Crippen molar-refractivity contribution in [2.24, 2.45) is 0 Å². The topological polar surface area (TPSA) is 17.8 Å². The Bertz CT molecular complexity index is 624. The third-order valence-corrected chi connectivity index (χ3v) is 2.82. The smallest absolute Gasteiger partial charge is 0.0531 e. The summed E-state index contributed by atoms with van der Waals surface area (Å²) in [4.78, 5) is 4.05. The van der Waals surface area contributed by atoms with E-state index in [0.717, 1.165) is 5.69 Å². The van der Waals surface area contributed by atoms with E-state index in [1.807, 2.05) is 24.5 Å². The van der Waals surface area contributed by atoms with E-state index in [1.165, 1.54) is 16.6 Å². The maximum atomic E-state index is 4.05. The van der Waals surface area contributed by atoms with Crippen molar-refractivity contribution in [1.82, 2.24) is 9.55 Å². The summed E-state index contributed by atoms with van der Waals surface area (Å²) in [6.45, 7) is 2.13. The third kappa shape index (κ3) is 1.31. The highest BCUT2D eigenvalue weighted by atomic mass is 15.0. The molecule has 78 valence electrons. The van der Waals surface area contributed by atoms with Crippen LogP contribution in [0.2, 0.25) is 0 Å². The van der Waals surface area contributed by atoms with E-state index in [1.54, 1.807) is 0 Å². The Morgan fingerprint density at radius 1 is 1.00 bits per heavy atom. The number of pyridine rings is 1. The minimum Gasteiger partial charge on any atom is -0.314 e. The number of hydrogen-bond acceptors (Lipinski definition) is 1. The highest BCUT2D eigenvalue weighted by Crippen LogP contribution is 2.23. The second-order valence-electron chi connectivity index (χ2n) is 3.89. The Kier molecular flexibility index (Phi) is 2.00. The number of fused-ring (bicyclic) bond motifs is 1. The van der Waals surface area contributed by atoms with Crippen molar-refractivity contribution in [3.63, 3.8) is 0 Å². The summed E-state index contributed by atoms with van der Waals surface area (Å²) in [6.07, 6.45) is 3.65. The van der Waals surface area contributed by atoms with Crippen molar-refractivity contribution >= 4 is 10.9 Å². The van der Waals surface area contributed by atoms with Crippen LogP contribution < -0.4 is 0 Å². The SMILES string of the molecule is Cc1cc2ccccc2n1-c1ccncc1. The monoisotopic (exact) mass is 208 g/mol. The molecule has 2 heterocycles. The minimum absolute atomic E-state index is 1.16. The Morgan fingerprint density at radius 3 is 2.56 bits per heavy atom. The molecule has 0 bridgehead atoms. The predicted octanol–water partition coefficient (Wildman–Crippen LogP) is 3.33. The molecule has 0 spiro atoms. The standard InChI is InChI=1S/C14H12N2/c1-11-10-12-4-2-3-5-14(12)16(11)13-6-8-15-9-7-13/h2-10H,1H3. The van der Waals surface area contributed by atoms with E-state index >= 15 is 0 Å². The summed E-state index contributed by atoms with van der Waals surface area (Å²) in [5, 5.41) is 1.27. The van der Waals surface area contributed by atoms with Crippen LogP contribution in [0.1, 0.15) is 5.69 Å². The molecule has 0 unspecified atom stereocenters. The zero-order chi connectivity index (χ0) is 11.0. The highest BCUT2D eigenvalue weighted by Gasteiger charge is 2.05. The van der Waals surface area contributed by atoms with Crippen LogP contribution in [-0.2, 0) is 0 Å². The van der Waals surface area contributed by atoms with Crippen molar-refractivity contribution in [2.45, 2.75) is 6.92 Å². The van der Waals surface area contributed by atoms with Gasteiger partial charge in [0.2, 0.25) is 0 Å². The second-order valence-corrected chi connectivity index (χ2v) is 3.89. The summed E-state index contributed by atoms with van der Waals surface area (Å²) in [5.74, 6) is 0. The lowest BCUT2D eigenvalue weighted by Crippen LogP contribution is -1.95. The summed E-state index contributed by atoms with van der Waals surface area (Å²) in [7, 11) is 0. The molecule has 0 N–H and O–H groups in total.